The van der Waals surface area contributed by atoms with Gasteiger partial charge < -0.3 is 0 Å². The average Bonchev–Trinajstić information content (AvgIpc) is 2.93. The van der Waals surface area contributed by atoms with Gasteiger partial charge in [0.2, 0.25) is 0 Å². The van der Waals surface area contributed by atoms with Crippen molar-refractivity contribution in [3.05, 3.63) is 66.0 Å². The average molecular weight is 280 g/mol. The Hall–Kier alpha value is -3.07. The molecule has 3 aromatic rings. The first-order valence-corrected chi connectivity index (χ1v) is 6.18. The third kappa shape index (κ3) is 2.15. The number of hydrogen-bond donors (Lipinski definition) is 0. The molecule has 0 aliphatic carbocycles. The number of ketones is 1. The molecule has 3 rings (SSSR count). The molecule has 5 nitrogen and oxygen atoms in total. The maximum atomic E-state index is 13.8. The molecule has 21 heavy (non-hydrogen) atoms. The van der Waals surface area contributed by atoms with Gasteiger partial charge in [-0.05, 0) is 6.07 Å². The van der Waals surface area contributed by atoms with Crippen LogP contribution in [0.15, 0.2) is 49.1 Å². The molecule has 6 heteroatoms. The van der Waals surface area contributed by atoms with E-state index in [0.717, 1.165) is 0 Å². The van der Waals surface area contributed by atoms with Gasteiger partial charge in [0.1, 0.15) is 11.7 Å². The van der Waals surface area contributed by atoms with Crippen LogP contribution in [0.3, 0.4) is 0 Å². The molecule has 1 atom stereocenters. The van der Waals surface area contributed by atoms with Crippen LogP contribution in [0.25, 0.3) is 5.52 Å². The van der Waals surface area contributed by atoms with Crippen molar-refractivity contribution in [1.82, 2.24) is 14.6 Å². The van der Waals surface area contributed by atoms with Crippen molar-refractivity contribution in [2.75, 3.05) is 0 Å². The van der Waals surface area contributed by atoms with E-state index in [9.17, 15) is 14.4 Å². The number of nitriles is 1. The highest BCUT2D eigenvalue weighted by Crippen LogP contribution is 2.24. The van der Waals surface area contributed by atoms with Gasteiger partial charge in [0.15, 0.2) is 5.78 Å². The van der Waals surface area contributed by atoms with Crippen molar-refractivity contribution in [2.45, 2.75) is 5.92 Å². The van der Waals surface area contributed by atoms with Crippen molar-refractivity contribution >= 4 is 11.3 Å². The minimum atomic E-state index is -1.21. The number of fused-ring (bicyclic) bond motifs is 1. The van der Waals surface area contributed by atoms with Gasteiger partial charge in [-0.25, -0.2) is 8.91 Å². The highest BCUT2D eigenvalue weighted by molar-refractivity contribution is 6.07. The number of benzene rings is 1. The van der Waals surface area contributed by atoms with E-state index in [4.69, 9.17) is 0 Å². The van der Waals surface area contributed by atoms with Crippen LogP contribution in [-0.4, -0.2) is 20.4 Å². The quantitative estimate of drug-likeness (QED) is 0.690. The number of carbonyl (C=O) groups excluding carboxylic acids is 1. The SMILES string of the molecule is N#CC(C(=O)c1cnn2ccncc12)c1ccccc1F. The summed E-state index contributed by atoms with van der Waals surface area (Å²) in [6.07, 6.45) is 5.98. The molecule has 0 aliphatic rings. The number of aromatic nitrogens is 3. The predicted molar refractivity (Wildman–Crippen MR) is 72.1 cm³/mol. The van der Waals surface area contributed by atoms with Crippen molar-refractivity contribution < 1.29 is 9.18 Å². The fourth-order valence-corrected chi connectivity index (χ4v) is 2.16. The molecule has 1 unspecified atom stereocenters. The van der Waals surface area contributed by atoms with E-state index in [2.05, 4.69) is 10.1 Å². The van der Waals surface area contributed by atoms with E-state index >= 15 is 0 Å². The third-order valence-corrected chi connectivity index (χ3v) is 3.20. The van der Waals surface area contributed by atoms with Crippen LogP contribution in [0.5, 0.6) is 0 Å². The van der Waals surface area contributed by atoms with Crippen LogP contribution in [-0.2, 0) is 0 Å². The molecular weight excluding hydrogens is 271 g/mol. The lowest BCUT2D eigenvalue weighted by Gasteiger charge is -2.08. The summed E-state index contributed by atoms with van der Waals surface area (Å²) >= 11 is 0. The summed E-state index contributed by atoms with van der Waals surface area (Å²) in [6, 6.07) is 7.63. The Kier molecular flexibility index (Phi) is 3.16. The zero-order chi connectivity index (χ0) is 14.8. The van der Waals surface area contributed by atoms with Gasteiger partial charge in [-0.15, -0.1) is 0 Å². The van der Waals surface area contributed by atoms with Crippen LogP contribution in [0.4, 0.5) is 4.39 Å². The molecule has 1 aromatic carbocycles. The lowest BCUT2D eigenvalue weighted by atomic mass is 9.92. The maximum Gasteiger partial charge on any atom is 0.188 e. The first-order chi connectivity index (χ1) is 10.2. The van der Waals surface area contributed by atoms with Crippen molar-refractivity contribution in [3.8, 4) is 6.07 Å². The van der Waals surface area contributed by atoms with Crippen LogP contribution in [0, 0.1) is 17.1 Å². The van der Waals surface area contributed by atoms with Crippen molar-refractivity contribution in [1.29, 1.82) is 5.26 Å². The Morgan fingerprint density at radius 3 is 2.90 bits per heavy atom. The second-order valence-corrected chi connectivity index (χ2v) is 4.41. The van der Waals surface area contributed by atoms with E-state index < -0.39 is 17.5 Å². The van der Waals surface area contributed by atoms with E-state index in [1.54, 1.807) is 12.3 Å². The fourth-order valence-electron chi connectivity index (χ4n) is 2.16. The lowest BCUT2D eigenvalue weighted by Crippen LogP contribution is -2.12. The van der Waals surface area contributed by atoms with Gasteiger partial charge in [0.05, 0.1) is 29.5 Å². The van der Waals surface area contributed by atoms with Crippen molar-refractivity contribution in [3.63, 3.8) is 0 Å². The van der Waals surface area contributed by atoms with Crippen LogP contribution < -0.4 is 0 Å². The summed E-state index contributed by atoms with van der Waals surface area (Å²) in [5, 5.41) is 13.3. The highest BCUT2D eigenvalue weighted by Gasteiger charge is 2.26. The Balaban J connectivity index is 2.08. The molecule has 0 amide bonds. The number of nitrogens with zero attached hydrogens (tertiary/aromatic N) is 4. The van der Waals surface area contributed by atoms with E-state index in [-0.39, 0.29) is 11.1 Å². The minimum Gasteiger partial charge on any atom is -0.292 e. The molecule has 0 N–H and O–H groups in total. The molecule has 0 spiro atoms. The van der Waals surface area contributed by atoms with E-state index in [1.165, 1.54) is 41.3 Å². The largest absolute Gasteiger partial charge is 0.292 e. The molecule has 2 aromatic heterocycles. The van der Waals surface area contributed by atoms with Crippen LogP contribution in [0.2, 0.25) is 0 Å². The maximum absolute atomic E-state index is 13.8. The van der Waals surface area contributed by atoms with Crippen LogP contribution in [0.1, 0.15) is 21.8 Å². The second-order valence-electron chi connectivity index (χ2n) is 4.41. The summed E-state index contributed by atoms with van der Waals surface area (Å²) in [4.78, 5) is 16.5. The second kappa shape index (κ2) is 5.13. The highest BCUT2D eigenvalue weighted by atomic mass is 19.1. The number of hydrogen-bond acceptors (Lipinski definition) is 4. The first kappa shape index (κ1) is 12.9. The fraction of sp³-hybridized carbons (Fsp3) is 0.0667. The standard InChI is InChI=1S/C15H9FN4O/c16-13-4-2-1-3-10(13)11(7-17)15(21)12-8-19-20-6-5-18-9-14(12)20/h1-6,8-9,11H. The number of carbonyl (C=O) groups is 1. The first-order valence-electron chi connectivity index (χ1n) is 6.18. The number of rotatable bonds is 3. The van der Waals surface area contributed by atoms with Gasteiger partial charge in [-0.1, -0.05) is 18.2 Å². The van der Waals surface area contributed by atoms with Gasteiger partial charge in [0.25, 0.3) is 0 Å². The van der Waals surface area contributed by atoms with Gasteiger partial charge in [0, 0.05) is 18.0 Å². The Morgan fingerprint density at radius 2 is 2.14 bits per heavy atom. The predicted octanol–water partition coefficient (Wildman–Crippen LogP) is 2.36. The van der Waals surface area contributed by atoms with Gasteiger partial charge in [-0.3, -0.25) is 9.78 Å². The Labute approximate surface area is 119 Å². The van der Waals surface area contributed by atoms with Crippen LogP contribution >= 0.6 is 0 Å². The molecule has 0 saturated carbocycles. The molecule has 0 aliphatic heterocycles. The lowest BCUT2D eigenvalue weighted by molar-refractivity contribution is 0.0979. The summed E-state index contributed by atoms with van der Waals surface area (Å²) in [6.45, 7) is 0. The van der Waals surface area contributed by atoms with E-state index in [0.29, 0.717) is 5.52 Å². The summed E-state index contributed by atoms with van der Waals surface area (Å²) in [5.41, 5.74) is 0.797. The van der Waals surface area contributed by atoms with Gasteiger partial charge in [-0.2, -0.15) is 10.4 Å². The van der Waals surface area contributed by atoms with E-state index in [1.807, 2.05) is 6.07 Å². The summed E-state index contributed by atoms with van der Waals surface area (Å²) < 4.78 is 15.3. The minimum absolute atomic E-state index is 0.0632. The summed E-state index contributed by atoms with van der Waals surface area (Å²) in [5.74, 6) is -2.28. The molecule has 0 saturated heterocycles. The van der Waals surface area contributed by atoms with Crippen molar-refractivity contribution in [2.24, 2.45) is 0 Å². The Bertz CT molecular complexity index is 865. The molecule has 0 bridgehead atoms. The van der Waals surface area contributed by atoms with Gasteiger partial charge >= 0.3 is 0 Å². The molecule has 0 fully saturated rings. The zero-order valence-corrected chi connectivity index (χ0v) is 10.8. The normalized spacial score (nSPS) is 12.0. The number of Topliss-reactive ketones (excluding diaryl/α,β-unsaturated/α-hetero) is 1. The third-order valence-electron chi connectivity index (χ3n) is 3.20. The molecular formula is C15H9FN4O. The topological polar surface area (TPSA) is 71.0 Å². The summed E-state index contributed by atoms with van der Waals surface area (Å²) in [7, 11) is 0. The monoisotopic (exact) mass is 280 g/mol. The Morgan fingerprint density at radius 1 is 1.33 bits per heavy atom. The molecule has 102 valence electrons. The molecule has 2 heterocycles. The smallest absolute Gasteiger partial charge is 0.188 e. The number of halogens is 1. The zero-order valence-electron chi connectivity index (χ0n) is 10.8. The molecule has 0 radical (unpaired) electrons.